The Morgan fingerprint density at radius 3 is 2.92 bits per heavy atom. The van der Waals surface area contributed by atoms with Crippen molar-refractivity contribution in [3.63, 3.8) is 0 Å². The normalized spacial score (nSPS) is 55.1. The maximum atomic E-state index is 10.1. The lowest BCUT2D eigenvalue weighted by atomic mass is 9.86. The number of hydrogen-bond donors (Lipinski definition) is 1. The predicted molar refractivity (Wildman–Crippen MR) is 48.0 cm³/mol. The van der Waals surface area contributed by atoms with Gasteiger partial charge >= 0.3 is 0 Å². The van der Waals surface area contributed by atoms with Crippen molar-refractivity contribution in [2.75, 3.05) is 0 Å². The van der Waals surface area contributed by atoms with E-state index in [1.807, 2.05) is 6.92 Å². The molecule has 1 N–H and O–H groups in total. The quantitative estimate of drug-likeness (QED) is 0.613. The SMILES string of the molecule is CC1=NO[C@@]2(O)C[C@@H]3[C@H]([C@@H]12)C3(C)C. The third-order valence-corrected chi connectivity index (χ3v) is 4.29. The first-order valence-corrected chi connectivity index (χ1v) is 4.92. The lowest BCUT2D eigenvalue weighted by molar-refractivity contribution is -0.208. The molecule has 1 aliphatic heterocycles. The molecule has 3 heteroatoms. The fourth-order valence-electron chi connectivity index (χ4n) is 3.45. The van der Waals surface area contributed by atoms with E-state index in [-0.39, 0.29) is 5.92 Å². The molecule has 3 aliphatic rings. The number of aliphatic hydroxyl groups is 1. The predicted octanol–water partition coefficient (Wildman–Crippen LogP) is 1.37. The van der Waals surface area contributed by atoms with E-state index in [9.17, 15) is 5.11 Å². The molecule has 13 heavy (non-hydrogen) atoms. The van der Waals surface area contributed by atoms with Gasteiger partial charge in [-0.3, -0.25) is 0 Å². The van der Waals surface area contributed by atoms with Crippen LogP contribution in [0.25, 0.3) is 0 Å². The Balaban J connectivity index is 1.98. The Bertz CT molecular complexity index is 310. The van der Waals surface area contributed by atoms with Gasteiger partial charge in [0.2, 0.25) is 5.79 Å². The van der Waals surface area contributed by atoms with Gasteiger partial charge in [0, 0.05) is 6.42 Å². The van der Waals surface area contributed by atoms with Gasteiger partial charge in [0.1, 0.15) is 0 Å². The highest BCUT2D eigenvalue weighted by Crippen LogP contribution is 2.72. The monoisotopic (exact) mass is 181 g/mol. The second-order valence-corrected chi connectivity index (χ2v) is 5.30. The van der Waals surface area contributed by atoms with Crippen LogP contribution in [-0.2, 0) is 4.84 Å². The highest BCUT2D eigenvalue weighted by atomic mass is 16.7. The topological polar surface area (TPSA) is 41.8 Å². The van der Waals surface area contributed by atoms with E-state index in [0.29, 0.717) is 17.3 Å². The summed E-state index contributed by atoms with van der Waals surface area (Å²) in [5, 5.41) is 14.0. The summed E-state index contributed by atoms with van der Waals surface area (Å²) in [6, 6.07) is 0. The number of oxime groups is 1. The molecule has 3 nitrogen and oxygen atoms in total. The molecule has 1 heterocycles. The van der Waals surface area contributed by atoms with E-state index in [0.717, 1.165) is 12.1 Å². The summed E-state index contributed by atoms with van der Waals surface area (Å²) < 4.78 is 0. The molecule has 72 valence electrons. The van der Waals surface area contributed by atoms with Crippen LogP contribution in [0.2, 0.25) is 0 Å². The van der Waals surface area contributed by atoms with Crippen LogP contribution < -0.4 is 0 Å². The Labute approximate surface area is 77.8 Å². The summed E-state index contributed by atoms with van der Waals surface area (Å²) in [5.41, 5.74) is 1.36. The van der Waals surface area contributed by atoms with Crippen LogP contribution in [0.15, 0.2) is 5.16 Å². The molecule has 0 aromatic heterocycles. The van der Waals surface area contributed by atoms with Crippen molar-refractivity contribution in [1.82, 2.24) is 0 Å². The van der Waals surface area contributed by atoms with Crippen LogP contribution >= 0.6 is 0 Å². The standard InChI is InChI=1S/C10H15NO2/c1-5-7-8-6(9(8,2)3)4-10(7,12)13-11-5/h6-8,12H,4H2,1-3H3/t6-,7-,8-,10+/m1/s1. The lowest BCUT2D eigenvalue weighted by Gasteiger charge is -2.26. The summed E-state index contributed by atoms with van der Waals surface area (Å²) in [7, 11) is 0. The van der Waals surface area contributed by atoms with E-state index in [2.05, 4.69) is 19.0 Å². The molecule has 4 atom stereocenters. The molecule has 2 fully saturated rings. The molecule has 0 radical (unpaired) electrons. The van der Waals surface area contributed by atoms with Crippen LogP contribution in [0, 0.1) is 23.2 Å². The largest absolute Gasteiger partial charge is 0.360 e. The molecule has 0 spiro atoms. The first-order valence-electron chi connectivity index (χ1n) is 4.92. The average molecular weight is 181 g/mol. The van der Waals surface area contributed by atoms with Crippen LogP contribution in [0.4, 0.5) is 0 Å². The van der Waals surface area contributed by atoms with Crippen molar-refractivity contribution in [3.05, 3.63) is 0 Å². The molecule has 2 aliphatic carbocycles. The Hall–Kier alpha value is -0.570. The number of nitrogens with zero attached hydrogens (tertiary/aromatic N) is 1. The van der Waals surface area contributed by atoms with E-state index in [1.165, 1.54) is 0 Å². The van der Waals surface area contributed by atoms with Crippen LogP contribution in [0.1, 0.15) is 27.2 Å². The molecule has 0 bridgehead atoms. The fraction of sp³-hybridized carbons (Fsp3) is 0.900. The average Bonchev–Trinajstić information content (AvgIpc) is 2.44. The molecule has 0 unspecified atom stereocenters. The second-order valence-electron chi connectivity index (χ2n) is 5.30. The minimum atomic E-state index is -0.949. The maximum absolute atomic E-state index is 10.1. The van der Waals surface area contributed by atoms with Crippen molar-refractivity contribution in [1.29, 1.82) is 0 Å². The maximum Gasteiger partial charge on any atom is 0.243 e. The van der Waals surface area contributed by atoms with E-state index >= 15 is 0 Å². The van der Waals surface area contributed by atoms with Gasteiger partial charge < -0.3 is 9.94 Å². The molecule has 2 saturated carbocycles. The van der Waals surface area contributed by atoms with Gasteiger partial charge in [-0.1, -0.05) is 19.0 Å². The second kappa shape index (κ2) is 1.78. The van der Waals surface area contributed by atoms with Gasteiger partial charge in [-0.25, -0.2) is 0 Å². The van der Waals surface area contributed by atoms with Crippen molar-refractivity contribution >= 4 is 5.71 Å². The van der Waals surface area contributed by atoms with Gasteiger partial charge in [0.05, 0.1) is 11.6 Å². The number of hydrogen-bond acceptors (Lipinski definition) is 3. The zero-order chi connectivity index (χ0) is 9.43. The van der Waals surface area contributed by atoms with Crippen LogP contribution in [0.3, 0.4) is 0 Å². The number of rotatable bonds is 0. The molecule has 0 amide bonds. The van der Waals surface area contributed by atoms with Gasteiger partial charge in [0.15, 0.2) is 0 Å². The number of fused-ring (bicyclic) bond motifs is 3. The first-order chi connectivity index (χ1) is 5.97. The zero-order valence-electron chi connectivity index (χ0n) is 8.24. The molecular weight excluding hydrogens is 166 g/mol. The van der Waals surface area contributed by atoms with Crippen molar-refractivity contribution in [3.8, 4) is 0 Å². The summed E-state index contributed by atoms with van der Waals surface area (Å²) >= 11 is 0. The Morgan fingerprint density at radius 1 is 1.54 bits per heavy atom. The van der Waals surface area contributed by atoms with Gasteiger partial charge in [-0.15, -0.1) is 0 Å². The van der Waals surface area contributed by atoms with E-state index < -0.39 is 5.79 Å². The van der Waals surface area contributed by atoms with E-state index in [1.54, 1.807) is 0 Å². The third-order valence-electron chi connectivity index (χ3n) is 4.29. The summed E-state index contributed by atoms with van der Waals surface area (Å²) in [6.07, 6.45) is 0.760. The summed E-state index contributed by atoms with van der Waals surface area (Å²) in [4.78, 5) is 5.11. The van der Waals surface area contributed by atoms with Crippen molar-refractivity contribution < 1.29 is 9.94 Å². The highest BCUT2D eigenvalue weighted by molar-refractivity contribution is 5.87. The van der Waals surface area contributed by atoms with E-state index in [4.69, 9.17) is 4.84 Å². The zero-order valence-corrected chi connectivity index (χ0v) is 8.24. The van der Waals surface area contributed by atoms with Gasteiger partial charge in [-0.2, -0.15) is 0 Å². The van der Waals surface area contributed by atoms with Crippen LogP contribution in [0.5, 0.6) is 0 Å². The van der Waals surface area contributed by atoms with Crippen molar-refractivity contribution in [2.24, 2.45) is 28.3 Å². The fourth-order valence-corrected chi connectivity index (χ4v) is 3.45. The molecule has 0 aromatic rings. The highest BCUT2D eigenvalue weighted by Gasteiger charge is 2.75. The van der Waals surface area contributed by atoms with Crippen LogP contribution in [-0.4, -0.2) is 16.6 Å². The van der Waals surface area contributed by atoms with Gasteiger partial charge in [0.25, 0.3) is 0 Å². The Morgan fingerprint density at radius 2 is 2.23 bits per heavy atom. The first kappa shape index (κ1) is 7.80. The summed E-state index contributed by atoms with van der Waals surface area (Å²) in [5.74, 6) is 0.429. The lowest BCUT2D eigenvalue weighted by Crippen LogP contribution is -2.38. The minimum absolute atomic E-state index is 0.160. The van der Waals surface area contributed by atoms with Crippen molar-refractivity contribution in [2.45, 2.75) is 33.0 Å². The molecular formula is C10H15NO2. The third kappa shape index (κ3) is 0.688. The molecule has 0 aromatic carbocycles. The smallest absolute Gasteiger partial charge is 0.243 e. The Kier molecular flexibility index (Phi) is 1.07. The molecule has 0 saturated heterocycles. The van der Waals surface area contributed by atoms with Gasteiger partial charge in [-0.05, 0) is 24.2 Å². The minimum Gasteiger partial charge on any atom is -0.360 e. The molecule has 3 rings (SSSR count). The summed E-state index contributed by atoms with van der Waals surface area (Å²) in [6.45, 7) is 6.50.